The molecule has 1 spiro atoms. The van der Waals surface area contributed by atoms with Crippen LogP contribution in [0.25, 0.3) is 0 Å². The second-order valence-electron chi connectivity index (χ2n) is 14.1. The predicted octanol–water partition coefficient (Wildman–Crippen LogP) is 8.38. The van der Waals surface area contributed by atoms with E-state index in [0.717, 1.165) is 35.1 Å². The molecule has 3 heteroatoms. The van der Waals surface area contributed by atoms with E-state index in [-0.39, 0.29) is 18.4 Å². The topological polar surface area (TPSA) is 34.1 Å². The zero-order valence-corrected chi connectivity index (χ0v) is 24.1. The summed E-state index contributed by atoms with van der Waals surface area (Å²) in [6, 6.07) is 21.2. The number of epoxide rings is 1. The molecular weight excluding hydrogens is 478 g/mol. The van der Waals surface area contributed by atoms with E-state index in [9.17, 15) is 0 Å². The highest BCUT2D eigenvalue weighted by molar-refractivity contribution is 6.13. The van der Waals surface area contributed by atoms with Gasteiger partial charge in [-0.05, 0) is 85.0 Å². The van der Waals surface area contributed by atoms with Crippen LogP contribution in [-0.2, 0) is 9.47 Å². The molecule has 2 heterocycles. The van der Waals surface area contributed by atoms with Crippen molar-refractivity contribution in [3.63, 3.8) is 0 Å². The zero-order chi connectivity index (χ0) is 26.7. The minimum Gasteiger partial charge on any atom is -0.347 e. The molecule has 0 N–H and O–H groups in total. The fraction of sp³-hybridized carbons (Fsp3) is 0.583. The molecule has 3 aliphatic carbocycles. The number of hydrogen-bond donors (Lipinski definition) is 0. The number of fused-ring (bicyclic) bond motifs is 2. The Balaban J connectivity index is 1.16. The van der Waals surface area contributed by atoms with Gasteiger partial charge in [-0.3, -0.25) is 4.99 Å². The first-order valence-electron chi connectivity index (χ1n) is 15.6. The van der Waals surface area contributed by atoms with Crippen molar-refractivity contribution in [2.75, 3.05) is 6.61 Å². The van der Waals surface area contributed by atoms with Crippen LogP contribution in [0.15, 0.2) is 77.3 Å². The molecule has 0 radical (unpaired) electrons. The first-order chi connectivity index (χ1) is 18.9. The van der Waals surface area contributed by atoms with E-state index in [0.29, 0.717) is 22.9 Å². The van der Waals surface area contributed by atoms with Gasteiger partial charge in [-0.2, -0.15) is 0 Å². The fourth-order valence-electron chi connectivity index (χ4n) is 9.38. The Hall–Kier alpha value is -2.23. The third-order valence-corrected chi connectivity index (χ3v) is 11.4. The maximum absolute atomic E-state index is 6.05. The molecule has 5 aliphatic rings. The van der Waals surface area contributed by atoms with Crippen LogP contribution < -0.4 is 0 Å². The molecule has 0 bridgehead atoms. The van der Waals surface area contributed by atoms with E-state index < -0.39 is 0 Å². The van der Waals surface area contributed by atoms with Crippen LogP contribution in [0.1, 0.15) is 89.7 Å². The normalized spacial score (nSPS) is 36.6. The molecule has 7 rings (SSSR count). The molecule has 39 heavy (non-hydrogen) atoms. The summed E-state index contributed by atoms with van der Waals surface area (Å²) in [4.78, 5) is 5.38. The maximum Gasteiger partial charge on any atom is 0.188 e. The van der Waals surface area contributed by atoms with Crippen LogP contribution in [0.2, 0.25) is 0 Å². The van der Waals surface area contributed by atoms with Crippen molar-refractivity contribution in [2.24, 2.45) is 33.1 Å². The van der Waals surface area contributed by atoms with E-state index in [4.69, 9.17) is 14.5 Å². The minimum absolute atomic E-state index is 0.00218. The van der Waals surface area contributed by atoms with Crippen molar-refractivity contribution in [1.29, 1.82) is 0 Å². The zero-order valence-electron chi connectivity index (χ0n) is 24.1. The third-order valence-electron chi connectivity index (χ3n) is 11.4. The summed E-state index contributed by atoms with van der Waals surface area (Å²) in [6.45, 7) is 8.40. The standard InChI is InChI=1S/C36H45NO2/c1-34(2)19-11-20-35(3)29(34)18-21-36(22-23-36)30(35)17-10-16-27-28(24-38-33-32(27)39-33)37-31(25-12-6-4-7-13-25)26-14-8-5-9-15-26/h4-9,12-16,28-30,32-33H,10-11,17-24H2,1-3H3/b27-16-/t28-,29+,30-,32?,33?,35+/m1/s1. The number of aliphatic imine (C=N–C) groups is 1. The molecule has 6 atom stereocenters. The van der Waals surface area contributed by atoms with Crippen molar-refractivity contribution < 1.29 is 9.47 Å². The lowest BCUT2D eigenvalue weighted by Gasteiger charge is -2.60. The SMILES string of the molecule is CC1(C)CCC[C@@]2(C)[C@H]1CCC1(CC1)[C@@H]2CC/C=C1\C2OC2OC[C@H]1N=C(c1ccccc1)c1ccccc1. The molecular formula is C36H45NO2. The van der Waals surface area contributed by atoms with Crippen molar-refractivity contribution in [3.05, 3.63) is 83.4 Å². The summed E-state index contributed by atoms with van der Waals surface area (Å²) in [7, 11) is 0. The average Bonchev–Trinajstić information content (AvgIpc) is 3.87. The second-order valence-corrected chi connectivity index (χ2v) is 14.1. The maximum atomic E-state index is 6.05. The molecule has 2 aromatic rings. The lowest BCUT2D eigenvalue weighted by Crippen LogP contribution is -2.52. The Bertz CT molecular complexity index is 1200. The van der Waals surface area contributed by atoms with Gasteiger partial charge in [-0.15, -0.1) is 0 Å². The van der Waals surface area contributed by atoms with Crippen molar-refractivity contribution in [2.45, 2.75) is 97.0 Å². The highest BCUT2D eigenvalue weighted by atomic mass is 16.8. The second kappa shape index (κ2) is 9.70. The van der Waals surface area contributed by atoms with Gasteiger partial charge < -0.3 is 9.47 Å². The van der Waals surface area contributed by atoms with Crippen LogP contribution in [0.5, 0.6) is 0 Å². The lowest BCUT2D eigenvalue weighted by atomic mass is 9.45. The summed E-state index contributed by atoms with van der Waals surface area (Å²) in [5.74, 6) is 1.72. The molecule has 0 amide bonds. The first kappa shape index (κ1) is 25.7. The Kier molecular flexibility index (Phi) is 6.40. The van der Waals surface area contributed by atoms with E-state index in [2.05, 4.69) is 87.5 Å². The number of ether oxygens (including phenoxy) is 2. The van der Waals surface area contributed by atoms with Crippen LogP contribution in [0.3, 0.4) is 0 Å². The smallest absolute Gasteiger partial charge is 0.188 e. The number of allylic oxidation sites excluding steroid dienone is 1. The Labute approximate surface area is 235 Å². The van der Waals surface area contributed by atoms with Gasteiger partial charge in [0.05, 0.1) is 18.4 Å². The number of nitrogens with zero attached hydrogens (tertiary/aromatic N) is 1. The van der Waals surface area contributed by atoms with Gasteiger partial charge in [0.15, 0.2) is 6.29 Å². The van der Waals surface area contributed by atoms with E-state index in [1.165, 1.54) is 56.9 Å². The molecule has 2 unspecified atom stereocenters. The summed E-state index contributed by atoms with van der Waals surface area (Å²) >= 11 is 0. The van der Waals surface area contributed by atoms with Gasteiger partial charge >= 0.3 is 0 Å². The lowest BCUT2D eigenvalue weighted by molar-refractivity contribution is -0.107. The van der Waals surface area contributed by atoms with E-state index in [1.807, 2.05) is 0 Å². The van der Waals surface area contributed by atoms with Crippen LogP contribution >= 0.6 is 0 Å². The van der Waals surface area contributed by atoms with Crippen molar-refractivity contribution >= 4 is 5.71 Å². The molecule has 206 valence electrons. The number of benzene rings is 2. The Morgan fingerprint density at radius 3 is 2.26 bits per heavy atom. The third kappa shape index (κ3) is 4.64. The molecule has 2 saturated heterocycles. The largest absolute Gasteiger partial charge is 0.347 e. The van der Waals surface area contributed by atoms with Crippen molar-refractivity contribution in [1.82, 2.24) is 0 Å². The quantitative estimate of drug-likeness (QED) is 0.216. The van der Waals surface area contributed by atoms with Gasteiger partial charge in [0.25, 0.3) is 0 Å². The first-order valence-corrected chi connectivity index (χ1v) is 15.6. The highest BCUT2D eigenvalue weighted by Crippen LogP contribution is 2.72. The van der Waals surface area contributed by atoms with Crippen molar-refractivity contribution in [3.8, 4) is 0 Å². The molecule has 3 nitrogen and oxygen atoms in total. The Morgan fingerprint density at radius 1 is 0.897 bits per heavy atom. The summed E-state index contributed by atoms with van der Waals surface area (Å²) in [5, 5.41) is 0. The predicted molar refractivity (Wildman–Crippen MR) is 158 cm³/mol. The van der Waals surface area contributed by atoms with Crippen LogP contribution in [-0.4, -0.2) is 30.8 Å². The molecule has 0 aromatic heterocycles. The van der Waals surface area contributed by atoms with Gasteiger partial charge in [0.2, 0.25) is 0 Å². The van der Waals surface area contributed by atoms with Gasteiger partial charge in [-0.25, -0.2) is 0 Å². The van der Waals surface area contributed by atoms with Crippen LogP contribution in [0, 0.1) is 28.1 Å². The van der Waals surface area contributed by atoms with E-state index in [1.54, 1.807) is 0 Å². The van der Waals surface area contributed by atoms with E-state index >= 15 is 0 Å². The van der Waals surface area contributed by atoms with Gasteiger partial charge in [0, 0.05) is 11.1 Å². The molecule has 2 aliphatic heterocycles. The highest BCUT2D eigenvalue weighted by Gasteiger charge is 2.63. The fourth-order valence-corrected chi connectivity index (χ4v) is 9.38. The van der Waals surface area contributed by atoms with Crippen LogP contribution in [0.4, 0.5) is 0 Å². The van der Waals surface area contributed by atoms with Gasteiger partial charge in [0.1, 0.15) is 6.10 Å². The monoisotopic (exact) mass is 523 g/mol. The minimum atomic E-state index is -0.0647. The molecule has 2 aromatic carbocycles. The van der Waals surface area contributed by atoms with Gasteiger partial charge in [-0.1, -0.05) is 93.9 Å². The summed E-state index contributed by atoms with van der Waals surface area (Å²) < 4.78 is 12.0. The molecule has 3 saturated carbocycles. The summed E-state index contributed by atoms with van der Waals surface area (Å²) in [6.07, 6.45) is 15.1. The Morgan fingerprint density at radius 2 is 1.59 bits per heavy atom. The number of rotatable bonds is 6. The average molecular weight is 524 g/mol. The number of hydrogen-bond acceptors (Lipinski definition) is 3. The summed E-state index contributed by atoms with van der Waals surface area (Å²) in [5.41, 5.74) is 6.31. The molecule has 5 fully saturated rings.